The van der Waals surface area contributed by atoms with Gasteiger partial charge in [0.05, 0.1) is 0 Å². The van der Waals surface area contributed by atoms with Gasteiger partial charge in [0.15, 0.2) is 0 Å². The summed E-state index contributed by atoms with van der Waals surface area (Å²) >= 11 is 3.36. The molecule has 0 bridgehead atoms. The van der Waals surface area contributed by atoms with Gasteiger partial charge in [0, 0.05) is 30.8 Å². The largest absolute Gasteiger partial charge is 0.349 e. The number of likely N-dealkylation sites (tertiary alicyclic amines) is 1. The summed E-state index contributed by atoms with van der Waals surface area (Å²) in [6.45, 7) is 4.02. The van der Waals surface area contributed by atoms with E-state index in [9.17, 15) is 4.79 Å². The standard InChI is InChI=1S/C12H18BrN3O/c1-15-9-10(13)8-11(15)12(17)14-4-7-16-5-2-3-6-16/h8-9H,2-7H2,1H3,(H,14,17). The minimum Gasteiger partial charge on any atom is -0.349 e. The van der Waals surface area contributed by atoms with Crippen LogP contribution in [0.4, 0.5) is 0 Å². The second-order valence-electron chi connectivity index (χ2n) is 4.46. The van der Waals surface area contributed by atoms with Gasteiger partial charge in [-0.15, -0.1) is 0 Å². The average molecular weight is 300 g/mol. The van der Waals surface area contributed by atoms with Crippen molar-refractivity contribution < 1.29 is 4.79 Å². The first-order valence-electron chi connectivity index (χ1n) is 5.99. The molecule has 2 heterocycles. The molecule has 1 fully saturated rings. The monoisotopic (exact) mass is 299 g/mol. The quantitative estimate of drug-likeness (QED) is 0.917. The van der Waals surface area contributed by atoms with Crippen molar-refractivity contribution in [2.24, 2.45) is 7.05 Å². The van der Waals surface area contributed by atoms with Crippen LogP contribution in [0.2, 0.25) is 0 Å². The van der Waals surface area contributed by atoms with E-state index in [1.807, 2.05) is 23.9 Å². The summed E-state index contributed by atoms with van der Waals surface area (Å²) in [6.07, 6.45) is 4.47. The van der Waals surface area contributed by atoms with Crippen LogP contribution in [-0.2, 0) is 7.05 Å². The number of aromatic nitrogens is 1. The van der Waals surface area contributed by atoms with E-state index in [2.05, 4.69) is 26.1 Å². The molecule has 1 saturated heterocycles. The number of hydrogen-bond acceptors (Lipinski definition) is 2. The molecule has 0 spiro atoms. The van der Waals surface area contributed by atoms with Crippen LogP contribution >= 0.6 is 15.9 Å². The molecule has 1 aromatic rings. The number of hydrogen-bond donors (Lipinski definition) is 1. The summed E-state index contributed by atoms with van der Waals surface area (Å²) in [6, 6.07) is 1.84. The number of amides is 1. The van der Waals surface area contributed by atoms with Gasteiger partial charge in [0.2, 0.25) is 0 Å². The summed E-state index contributed by atoms with van der Waals surface area (Å²) < 4.78 is 2.76. The zero-order chi connectivity index (χ0) is 12.3. The van der Waals surface area contributed by atoms with Crippen LogP contribution in [0.1, 0.15) is 23.3 Å². The number of aryl methyl sites for hydroxylation is 1. The molecule has 0 radical (unpaired) electrons. The van der Waals surface area contributed by atoms with E-state index in [4.69, 9.17) is 0 Å². The third-order valence-electron chi connectivity index (χ3n) is 3.12. The predicted molar refractivity (Wildman–Crippen MR) is 71.1 cm³/mol. The minimum atomic E-state index is -0.00241. The van der Waals surface area contributed by atoms with Crippen molar-refractivity contribution in [1.29, 1.82) is 0 Å². The van der Waals surface area contributed by atoms with Crippen LogP contribution < -0.4 is 5.32 Å². The molecule has 0 aliphatic carbocycles. The maximum Gasteiger partial charge on any atom is 0.267 e. The van der Waals surface area contributed by atoms with Crippen LogP contribution in [0.3, 0.4) is 0 Å². The maximum absolute atomic E-state index is 11.9. The SMILES string of the molecule is Cn1cc(Br)cc1C(=O)NCCN1CCCC1. The van der Waals surface area contributed by atoms with E-state index >= 15 is 0 Å². The topological polar surface area (TPSA) is 37.3 Å². The van der Waals surface area contributed by atoms with Crippen LogP contribution in [0.5, 0.6) is 0 Å². The molecule has 1 amide bonds. The molecule has 5 heteroatoms. The van der Waals surface area contributed by atoms with Crippen molar-refractivity contribution in [3.8, 4) is 0 Å². The molecule has 1 aliphatic rings. The van der Waals surface area contributed by atoms with Crippen LogP contribution in [0, 0.1) is 0 Å². The molecule has 0 atom stereocenters. The number of carbonyl (C=O) groups is 1. The molecule has 0 unspecified atom stereocenters. The fourth-order valence-corrected chi connectivity index (χ4v) is 2.70. The first-order chi connectivity index (χ1) is 8.16. The molecule has 1 N–H and O–H groups in total. The van der Waals surface area contributed by atoms with Gasteiger partial charge < -0.3 is 14.8 Å². The minimum absolute atomic E-state index is 0.00241. The van der Waals surface area contributed by atoms with Crippen LogP contribution in [0.25, 0.3) is 0 Å². The molecular formula is C12H18BrN3O. The Morgan fingerprint density at radius 1 is 1.47 bits per heavy atom. The van der Waals surface area contributed by atoms with Gasteiger partial charge in [0.25, 0.3) is 5.91 Å². The van der Waals surface area contributed by atoms with Gasteiger partial charge in [-0.3, -0.25) is 4.79 Å². The van der Waals surface area contributed by atoms with Gasteiger partial charge in [-0.1, -0.05) is 0 Å². The number of halogens is 1. The van der Waals surface area contributed by atoms with Crippen molar-refractivity contribution in [2.75, 3.05) is 26.2 Å². The van der Waals surface area contributed by atoms with E-state index in [0.717, 1.165) is 17.6 Å². The number of nitrogens with one attached hydrogen (secondary N) is 1. The second-order valence-corrected chi connectivity index (χ2v) is 5.37. The van der Waals surface area contributed by atoms with Crippen molar-refractivity contribution >= 4 is 21.8 Å². The predicted octanol–water partition coefficient (Wildman–Crippen LogP) is 1.61. The van der Waals surface area contributed by atoms with E-state index in [1.54, 1.807) is 0 Å². The third-order valence-corrected chi connectivity index (χ3v) is 3.55. The van der Waals surface area contributed by atoms with E-state index in [-0.39, 0.29) is 5.91 Å². The fraction of sp³-hybridized carbons (Fsp3) is 0.583. The van der Waals surface area contributed by atoms with Crippen LogP contribution in [-0.4, -0.2) is 41.6 Å². The van der Waals surface area contributed by atoms with Crippen LogP contribution in [0.15, 0.2) is 16.7 Å². The van der Waals surface area contributed by atoms with Crippen molar-refractivity contribution in [1.82, 2.24) is 14.8 Å². The molecule has 4 nitrogen and oxygen atoms in total. The van der Waals surface area contributed by atoms with Gasteiger partial charge >= 0.3 is 0 Å². The molecule has 2 rings (SSSR count). The Morgan fingerprint density at radius 3 is 2.76 bits per heavy atom. The summed E-state index contributed by atoms with van der Waals surface area (Å²) in [5.74, 6) is -0.00241. The molecule has 1 aromatic heterocycles. The van der Waals surface area contributed by atoms with E-state index in [1.165, 1.54) is 25.9 Å². The second kappa shape index (κ2) is 5.69. The molecule has 0 aromatic carbocycles. The Morgan fingerprint density at radius 2 is 2.18 bits per heavy atom. The summed E-state index contributed by atoms with van der Waals surface area (Å²) in [7, 11) is 1.88. The zero-order valence-electron chi connectivity index (χ0n) is 10.1. The lowest BCUT2D eigenvalue weighted by Gasteiger charge is -2.14. The van der Waals surface area contributed by atoms with E-state index in [0.29, 0.717) is 5.69 Å². The zero-order valence-corrected chi connectivity index (χ0v) is 11.7. The Balaban J connectivity index is 1.78. The first-order valence-corrected chi connectivity index (χ1v) is 6.78. The molecule has 1 aliphatic heterocycles. The lowest BCUT2D eigenvalue weighted by molar-refractivity contribution is 0.0941. The average Bonchev–Trinajstić information content (AvgIpc) is 2.88. The summed E-state index contributed by atoms with van der Waals surface area (Å²) in [5, 5.41) is 2.96. The normalized spacial score (nSPS) is 16.4. The van der Waals surface area contributed by atoms with Gasteiger partial charge in [-0.25, -0.2) is 0 Å². The molecular weight excluding hydrogens is 282 g/mol. The number of carbonyl (C=O) groups excluding carboxylic acids is 1. The molecule has 0 saturated carbocycles. The van der Waals surface area contributed by atoms with Crippen molar-refractivity contribution in [3.05, 3.63) is 22.4 Å². The highest BCUT2D eigenvalue weighted by molar-refractivity contribution is 9.10. The van der Waals surface area contributed by atoms with Gasteiger partial charge in [0.1, 0.15) is 5.69 Å². The highest BCUT2D eigenvalue weighted by Crippen LogP contribution is 2.13. The van der Waals surface area contributed by atoms with Crippen molar-refractivity contribution in [2.45, 2.75) is 12.8 Å². The number of rotatable bonds is 4. The lowest BCUT2D eigenvalue weighted by atomic mass is 10.4. The first kappa shape index (κ1) is 12.6. The molecule has 94 valence electrons. The summed E-state index contributed by atoms with van der Waals surface area (Å²) in [4.78, 5) is 14.3. The Hall–Kier alpha value is -0.810. The Kier molecular flexibility index (Phi) is 4.23. The Bertz CT molecular complexity index is 396. The highest BCUT2D eigenvalue weighted by atomic mass is 79.9. The Labute approximate surface area is 110 Å². The smallest absolute Gasteiger partial charge is 0.267 e. The highest BCUT2D eigenvalue weighted by Gasteiger charge is 2.13. The lowest BCUT2D eigenvalue weighted by Crippen LogP contribution is -2.34. The fourth-order valence-electron chi connectivity index (χ4n) is 2.17. The molecule has 17 heavy (non-hydrogen) atoms. The maximum atomic E-state index is 11.9. The van der Waals surface area contributed by atoms with E-state index < -0.39 is 0 Å². The van der Waals surface area contributed by atoms with Gasteiger partial charge in [-0.05, 0) is 47.9 Å². The summed E-state index contributed by atoms with van der Waals surface area (Å²) in [5.41, 5.74) is 0.693. The number of nitrogens with zero attached hydrogens (tertiary/aromatic N) is 2. The van der Waals surface area contributed by atoms with Crippen molar-refractivity contribution in [3.63, 3.8) is 0 Å². The third kappa shape index (κ3) is 3.33. The van der Waals surface area contributed by atoms with Gasteiger partial charge in [-0.2, -0.15) is 0 Å².